The number of nitrogens with zero attached hydrogens (tertiary/aromatic N) is 1. The lowest BCUT2D eigenvalue weighted by Gasteiger charge is -2.29. The van der Waals surface area contributed by atoms with Gasteiger partial charge in [-0.05, 0) is 40.5 Å². The summed E-state index contributed by atoms with van der Waals surface area (Å²) < 4.78 is 5.13. The van der Waals surface area contributed by atoms with Crippen LogP contribution < -0.4 is 5.32 Å². The predicted molar refractivity (Wildman–Crippen MR) is 76.0 cm³/mol. The molecule has 1 N–H and O–H groups in total. The van der Waals surface area contributed by atoms with Crippen molar-refractivity contribution in [2.75, 3.05) is 7.05 Å². The fourth-order valence-corrected chi connectivity index (χ4v) is 1.87. The molecule has 112 valence electrons. The average molecular weight is 272 g/mol. The van der Waals surface area contributed by atoms with Crippen LogP contribution in [0.3, 0.4) is 0 Å². The second kappa shape index (κ2) is 7.36. The standard InChI is InChI=1S/C14H28N2O3/c1-8-11(9-2)16(7)12(17)10(3)15-13(18)19-14(4,5)6/h10-11H,8-9H2,1-7H3,(H,15,18)/t10-/m1/s1. The number of nitrogens with one attached hydrogen (secondary N) is 1. The van der Waals surface area contributed by atoms with Crippen molar-refractivity contribution in [1.82, 2.24) is 10.2 Å². The van der Waals surface area contributed by atoms with Gasteiger partial charge in [0.15, 0.2) is 0 Å². The first kappa shape index (κ1) is 17.7. The van der Waals surface area contributed by atoms with E-state index >= 15 is 0 Å². The molecule has 2 amide bonds. The van der Waals surface area contributed by atoms with Gasteiger partial charge in [-0.15, -0.1) is 0 Å². The summed E-state index contributed by atoms with van der Waals surface area (Å²) >= 11 is 0. The van der Waals surface area contributed by atoms with Crippen molar-refractivity contribution < 1.29 is 14.3 Å². The number of alkyl carbamates (subject to hydrolysis) is 1. The van der Waals surface area contributed by atoms with Crippen LogP contribution in [-0.2, 0) is 9.53 Å². The summed E-state index contributed by atoms with van der Waals surface area (Å²) in [5.74, 6) is -0.0976. The highest BCUT2D eigenvalue weighted by molar-refractivity contribution is 5.85. The van der Waals surface area contributed by atoms with E-state index in [1.54, 1.807) is 39.6 Å². The quantitative estimate of drug-likeness (QED) is 0.836. The molecule has 0 aliphatic carbocycles. The molecule has 0 saturated carbocycles. The minimum Gasteiger partial charge on any atom is -0.444 e. The van der Waals surface area contributed by atoms with Gasteiger partial charge in [-0.2, -0.15) is 0 Å². The topological polar surface area (TPSA) is 58.6 Å². The molecule has 1 atom stereocenters. The third-order valence-electron chi connectivity index (χ3n) is 2.94. The Bertz CT molecular complexity index is 306. The van der Waals surface area contributed by atoms with Crippen molar-refractivity contribution in [2.24, 2.45) is 0 Å². The molecule has 0 aromatic carbocycles. The Morgan fingerprint density at radius 2 is 1.68 bits per heavy atom. The van der Waals surface area contributed by atoms with E-state index in [2.05, 4.69) is 5.32 Å². The first-order chi connectivity index (χ1) is 8.62. The fraction of sp³-hybridized carbons (Fsp3) is 0.857. The third-order valence-corrected chi connectivity index (χ3v) is 2.94. The van der Waals surface area contributed by atoms with Gasteiger partial charge in [-0.25, -0.2) is 4.79 Å². The SMILES string of the molecule is CCC(CC)N(C)C(=O)[C@@H](C)NC(=O)OC(C)(C)C. The van der Waals surface area contributed by atoms with Crippen LogP contribution in [0.2, 0.25) is 0 Å². The lowest BCUT2D eigenvalue weighted by molar-refractivity contribution is -0.134. The average Bonchev–Trinajstić information content (AvgIpc) is 2.26. The van der Waals surface area contributed by atoms with Crippen LogP contribution in [0.25, 0.3) is 0 Å². The molecule has 0 heterocycles. The van der Waals surface area contributed by atoms with Crippen LogP contribution in [0, 0.1) is 0 Å². The second-order valence-corrected chi connectivity index (χ2v) is 5.79. The van der Waals surface area contributed by atoms with Crippen LogP contribution in [0.5, 0.6) is 0 Å². The van der Waals surface area contributed by atoms with Gasteiger partial charge >= 0.3 is 6.09 Å². The van der Waals surface area contributed by atoms with Gasteiger partial charge in [0.2, 0.25) is 5.91 Å². The van der Waals surface area contributed by atoms with E-state index in [4.69, 9.17) is 4.74 Å². The van der Waals surface area contributed by atoms with Crippen LogP contribution in [0.4, 0.5) is 4.79 Å². The number of carbonyl (C=O) groups is 2. The third kappa shape index (κ3) is 6.45. The summed E-state index contributed by atoms with van der Waals surface area (Å²) in [6, 6.07) is -0.379. The van der Waals surface area contributed by atoms with Gasteiger partial charge in [0.05, 0.1) is 0 Å². The summed E-state index contributed by atoms with van der Waals surface area (Å²) in [4.78, 5) is 25.5. The van der Waals surface area contributed by atoms with E-state index in [0.29, 0.717) is 0 Å². The van der Waals surface area contributed by atoms with Crippen molar-refractivity contribution in [3.8, 4) is 0 Å². The van der Waals surface area contributed by atoms with E-state index in [9.17, 15) is 9.59 Å². The molecule has 0 bridgehead atoms. The van der Waals surface area contributed by atoms with Crippen LogP contribution in [-0.4, -0.2) is 41.6 Å². The fourth-order valence-electron chi connectivity index (χ4n) is 1.87. The molecule has 5 heteroatoms. The predicted octanol–water partition coefficient (Wildman–Crippen LogP) is 2.55. The maximum absolute atomic E-state index is 12.2. The smallest absolute Gasteiger partial charge is 0.408 e. The van der Waals surface area contributed by atoms with Gasteiger partial charge < -0.3 is 15.0 Å². The van der Waals surface area contributed by atoms with Crippen molar-refractivity contribution in [3.63, 3.8) is 0 Å². The molecule has 19 heavy (non-hydrogen) atoms. The molecule has 0 fully saturated rings. The molecule has 0 spiro atoms. The summed E-state index contributed by atoms with van der Waals surface area (Å²) in [7, 11) is 1.77. The maximum Gasteiger partial charge on any atom is 0.408 e. The zero-order valence-electron chi connectivity index (χ0n) is 13.2. The van der Waals surface area contributed by atoms with Crippen LogP contribution in [0.15, 0.2) is 0 Å². The second-order valence-electron chi connectivity index (χ2n) is 5.79. The lowest BCUT2D eigenvalue weighted by atomic mass is 10.1. The summed E-state index contributed by atoms with van der Waals surface area (Å²) in [6.07, 6.45) is 1.24. The Hall–Kier alpha value is -1.26. The zero-order chi connectivity index (χ0) is 15.2. The number of hydrogen-bond donors (Lipinski definition) is 1. The van der Waals surface area contributed by atoms with Crippen molar-refractivity contribution in [1.29, 1.82) is 0 Å². The van der Waals surface area contributed by atoms with E-state index in [1.807, 2.05) is 13.8 Å². The molecular formula is C14H28N2O3. The Balaban J connectivity index is 4.45. The molecule has 5 nitrogen and oxygen atoms in total. The molecule has 0 aliphatic rings. The minimum atomic E-state index is -0.583. The maximum atomic E-state index is 12.2. The Kier molecular flexibility index (Phi) is 6.87. The number of hydrogen-bond acceptors (Lipinski definition) is 3. The Morgan fingerprint density at radius 1 is 1.21 bits per heavy atom. The van der Waals surface area contributed by atoms with Gasteiger partial charge in [0, 0.05) is 13.1 Å². The number of carbonyl (C=O) groups excluding carboxylic acids is 2. The Labute approximate surface area is 116 Å². The molecule has 0 unspecified atom stereocenters. The summed E-state index contributed by atoms with van der Waals surface area (Å²) in [5, 5.41) is 2.57. The molecule has 0 saturated heterocycles. The molecule has 0 aliphatic heterocycles. The van der Waals surface area contributed by atoms with Crippen molar-refractivity contribution in [3.05, 3.63) is 0 Å². The molecule has 0 aromatic rings. The number of rotatable bonds is 5. The highest BCUT2D eigenvalue weighted by Crippen LogP contribution is 2.09. The normalized spacial score (nSPS) is 13.1. The van der Waals surface area contributed by atoms with Gasteiger partial charge in [-0.1, -0.05) is 13.8 Å². The van der Waals surface area contributed by atoms with E-state index in [1.165, 1.54) is 0 Å². The van der Waals surface area contributed by atoms with Gasteiger partial charge in [0.1, 0.15) is 11.6 Å². The van der Waals surface area contributed by atoms with Gasteiger partial charge in [0.25, 0.3) is 0 Å². The molecule has 0 radical (unpaired) electrons. The van der Waals surface area contributed by atoms with E-state index in [-0.39, 0.29) is 11.9 Å². The van der Waals surface area contributed by atoms with E-state index in [0.717, 1.165) is 12.8 Å². The van der Waals surface area contributed by atoms with Crippen LogP contribution in [0.1, 0.15) is 54.4 Å². The van der Waals surface area contributed by atoms with E-state index < -0.39 is 17.7 Å². The largest absolute Gasteiger partial charge is 0.444 e. The molecule has 0 aromatic heterocycles. The number of ether oxygens (including phenoxy) is 1. The van der Waals surface area contributed by atoms with Gasteiger partial charge in [-0.3, -0.25) is 4.79 Å². The summed E-state index contributed by atoms with van der Waals surface area (Å²) in [6.45, 7) is 11.1. The highest BCUT2D eigenvalue weighted by atomic mass is 16.6. The van der Waals surface area contributed by atoms with Crippen molar-refractivity contribution >= 4 is 12.0 Å². The highest BCUT2D eigenvalue weighted by Gasteiger charge is 2.25. The van der Waals surface area contributed by atoms with Crippen molar-refractivity contribution in [2.45, 2.75) is 72.1 Å². The molecular weight excluding hydrogens is 244 g/mol. The lowest BCUT2D eigenvalue weighted by Crippen LogP contribution is -2.49. The van der Waals surface area contributed by atoms with Crippen LogP contribution >= 0.6 is 0 Å². The first-order valence-electron chi connectivity index (χ1n) is 6.88. The molecule has 0 rings (SSSR count). The number of amides is 2. The first-order valence-corrected chi connectivity index (χ1v) is 6.88. The summed E-state index contributed by atoms with van der Waals surface area (Å²) in [5.41, 5.74) is -0.561. The Morgan fingerprint density at radius 3 is 2.05 bits per heavy atom. The monoisotopic (exact) mass is 272 g/mol. The number of likely N-dealkylation sites (N-methyl/N-ethyl adjacent to an activating group) is 1. The minimum absolute atomic E-state index is 0.0976. The zero-order valence-corrected chi connectivity index (χ0v) is 13.2.